The van der Waals surface area contributed by atoms with Gasteiger partial charge >= 0.3 is 6.03 Å². The van der Waals surface area contributed by atoms with Crippen molar-refractivity contribution in [2.75, 3.05) is 32.1 Å². The monoisotopic (exact) mass is 436 g/mol. The summed E-state index contributed by atoms with van der Waals surface area (Å²) in [6, 6.07) is 7.09. The van der Waals surface area contributed by atoms with E-state index in [4.69, 9.17) is 9.26 Å². The molecule has 1 aromatic carbocycles. The second kappa shape index (κ2) is 8.75. The minimum Gasteiger partial charge on any atom is -0.385 e. The highest BCUT2D eigenvalue weighted by Crippen LogP contribution is 2.32. The molecular formula is C20H28N4O5S. The zero-order valence-electron chi connectivity index (χ0n) is 17.7. The SMILES string of the molecule is COCCC1(NC(=O)Nc2cccc(C)c2)CCN(S(=O)(=O)c2c(C)noc2C)C1. The topological polar surface area (TPSA) is 114 Å². The van der Waals surface area contributed by atoms with Crippen LogP contribution < -0.4 is 10.6 Å². The molecule has 1 atom stereocenters. The Balaban J connectivity index is 1.78. The summed E-state index contributed by atoms with van der Waals surface area (Å²) in [6.07, 6.45) is 0.957. The van der Waals surface area contributed by atoms with Crippen LogP contribution in [-0.4, -0.2) is 56.3 Å². The van der Waals surface area contributed by atoms with E-state index in [1.807, 2.05) is 25.1 Å². The smallest absolute Gasteiger partial charge is 0.319 e. The summed E-state index contributed by atoms with van der Waals surface area (Å²) < 4.78 is 38.0. The minimum absolute atomic E-state index is 0.0919. The van der Waals surface area contributed by atoms with Crippen LogP contribution in [0.1, 0.15) is 29.9 Å². The number of hydrogen-bond acceptors (Lipinski definition) is 6. The summed E-state index contributed by atoms with van der Waals surface area (Å²) in [7, 11) is -2.21. The quantitative estimate of drug-likeness (QED) is 0.690. The molecule has 0 spiro atoms. The van der Waals surface area contributed by atoms with Crippen molar-refractivity contribution in [3.63, 3.8) is 0 Å². The molecule has 1 unspecified atom stereocenters. The van der Waals surface area contributed by atoms with Crippen molar-refractivity contribution < 1.29 is 22.5 Å². The standard InChI is InChI=1S/C20H28N4O5S/c1-14-6-5-7-17(12-14)21-19(25)22-20(9-11-28-4)8-10-24(13-20)30(26,27)18-15(2)23-29-16(18)3/h5-7,12H,8-11,13H2,1-4H3,(H2,21,22,25). The highest BCUT2D eigenvalue weighted by atomic mass is 32.2. The number of benzene rings is 1. The Kier molecular flexibility index (Phi) is 6.49. The van der Waals surface area contributed by atoms with E-state index in [9.17, 15) is 13.2 Å². The molecular weight excluding hydrogens is 408 g/mol. The Hall–Kier alpha value is -2.43. The van der Waals surface area contributed by atoms with Crippen LogP contribution in [0, 0.1) is 20.8 Å². The van der Waals surface area contributed by atoms with Gasteiger partial charge < -0.3 is 19.9 Å². The molecule has 3 rings (SSSR count). The van der Waals surface area contributed by atoms with E-state index in [1.54, 1.807) is 27.0 Å². The van der Waals surface area contributed by atoms with Gasteiger partial charge in [-0.25, -0.2) is 13.2 Å². The van der Waals surface area contributed by atoms with Gasteiger partial charge in [0, 0.05) is 32.5 Å². The highest BCUT2D eigenvalue weighted by molar-refractivity contribution is 7.89. The van der Waals surface area contributed by atoms with E-state index in [2.05, 4.69) is 15.8 Å². The summed E-state index contributed by atoms with van der Waals surface area (Å²) in [5, 5.41) is 9.58. The number of carbonyl (C=O) groups excluding carboxylic acids is 1. The second-order valence-electron chi connectivity index (χ2n) is 7.71. The van der Waals surface area contributed by atoms with Crippen LogP contribution in [0.2, 0.25) is 0 Å². The van der Waals surface area contributed by atoms with E-state index >= 15 is 0 Å². The lowest BCUT2D eigenvalue weighted by Gasteiger charge is -2.30. The third-order valence-corrected chi connectivity index (χ3v) is 7.41. The number of nitrogens with one attached hydrogen (secondary N) is 2. The minimum atomic E-state index is -3.79. The van der Waals surface area contributed by atoms with Gasteiger partial charge in [-0.3, -0.25) is 0 Å². The fourth-order valence-electron chi connectivity index (χ4n) is 3.80. The molecule has 164 valence electrons. The maximum atomic E-state index is 13.2. The number of rotatable bonds is 7. The van der Waals surface area contributed by atoms with Gasteiger partial charge in [-0.1, -0.05) is 17.3 Å². The maximum absolute atomic E-state index is 13.2. The van der Waals surface area contributed by atoms with Gasteiger partial charge in [0.2, 0.25) is 10.0 Å². The third-order valence-electron chi connectivity index (χ3n) is 5.32. The molecule has 2 amide bonds. The van der Waals surface area contributed by atoms with Gasteiger partial charge in [0.25, 0.3) is 0 Å². The molecule has 0 saturated carbocycles. The van der Waals surface area contributed by atoms with E-state index in [0.717, 1.165) is 5.56 Å². The van der Waals surface area contributed by atoms with Gasteiger partial charge in [0.05, 0.1) is 5.54 Å². The fourth-order valence-corrected chi connectivity index (χ4v) is 5.62. The molecule has 10 heteroatoms. The Bertz CT molecular complexity index is 1000. The molecule has 1 aromatic heterocycles. The molecule has 2 aromatic rings. The van der Waals surface area contributed by atoms with Crippen molar-refractivity contribution >= 4 is 21.7 Å². The van der Waals surface area contributed by atoms with Gasteiger partial charge in [-0.15, -0.1) is 0 Å². The van der Waals surface area contributed by atoms with Gasteiger partial charge in [-0.05, 0) is 51.3 Å². The van der Waals surface area contributed by atoms with Crippen LogP contribution in [0.3, 0.4) is 0 Å². The number of nitrogens with zero attached hydrogens (tertiary/aromatic N) is 2. The van der Waals surface area contributed by atoms with Crippen molar-refractivity contribution in [2.24, 2.45) is 0 Å². The molecule has 2 N–H and O–H groups in total. The first-order valence-electron chi connectivity index (χ1n) is 9.75. The van der Waals surface area contributed by atoms with Crippen LogP contribution in [0.15, 0.2) is 33.7 Å². The Morgan fingerprint density at radius 1 is 1.33 bits per heavy atom. The highest BCUT2D eigenvalue weighted by Gasteiger charge is 2.45. The van der Waals surface area contributed by atoms with Crippen molar-refractivity contribution in [3.8, 4) is 0 Å². The van der Waals surface area contributed by atoms with E-state index in [0.29, 0.717) is 30.8 Å². The van der Waals surface area contributed by atoms with Gasteiger partial charge in [0.15, 0.2) is 5.76 Å². The van der Waals surface area contributed by atoms with Crippen molar-refractivity contribution in [3.05, 3.63) is 41.3 Å². The third kappa shape index (κ3) is 4.66. The number of hydrogen-bond donors (Lipinski definition) is 2. The summed E-state index contributed by atoms with van der Waals surface area (Å²) in [5.41, 5.74) is 1.29. The van der Waals surface area contributed by atoms with Crippen LogP contribution in [0.25, 0.3) is 0 Å². The molecule has 1 aliphatic heterocycles. The summed E-state index contributed by atoms with van der Waals surface area (Å²) in [5.74, 6) is 0.257. The average molecular weight is 437 g/mol. The van der Waals surface area contributed by atoms with Crippen molar-refractivity contribution in [2.45, 2.75) is 44.0 Å². The number of methoxy groups -OCH3 is 1. The van der Waals surface area contributed by atoms with Gasteiger partial charge in [0.1, 0.15) is 10.6 Å². The number of aryl methyl sites for hydroxylation is 3. The number of urea groups is 1. The van der Waals surface area contributed by atoms with E-state index in [1.165, 1.54) is 4.31 Å². The number of sulfonamides is 1. The summed E-state index contributed by atoms with van der Waals surface area (Å²) >= 11 is 0. The number of carbonyl (C=O) groups is 1. The first kappa shape index (κ1) is 22.3. The zero-order valence-corrected chi connectivity index (χ0v) is 18.5. The fraction of sp³-hybridized carbons (Fsp3) is 0.500. The van der Waals surface area contributed by atoms with Crippen LogP contribution in [0.4, 0.5) is 10.5 Å². The predicted octanol–water partition coefficient (Wildman–Crippen LogP) is 2.59. The molecule has 0 radical (unpaired) electrons. The van der Waals surface area contributed by atoms with Crippen molar-refractivity contribution in [1.29, 1.82) is 0 Å². The normalized spacial score (nSPS) is 19.7. The molecule has 1 aliphatic rings. The largest absolute Gasteiger partial charge is 0.385 e. The Morgan fingerprint density at radius 2 is 2.10 bits per heavy atom. The van der Waals surface area contributed by atoms with Crippen LogP contribution in [-0.2, 0) is 14.8 Å². The number of ether oxygens (including phenoxy) is 1. The summed E-state index contributed by atoms with van der Waals surface area (Å²) in [6.45, 7) is 5.94. The first-order chi connectivity index (χ1) is 14.2. The molecule has 1 saturated heterocycles. The zero-order chi connectivity index (χ0) is 21.9. The number of aromatic nitrogens is 1. The first-order valence-corrected chi connectivity index (χ1v) is 11.2. The van der Waals surface area contributed by atoms with Crippen LogP contribution in [0.5, 0.6) is 0 Å². The van der Waals surface area contributed by atoms with E-state index in [-0.39, 0.29) is 29.8 Å². The Morgan fingerprint density at radius 3 is 2.73 bits per heavy atom. The lowest BCUT2D eigenvalue weighted by molar-refractivity contribution is 0.159. The van der Waals surface area contributed by atoms with Gasteiger partial charge in [-0.2, -0.15) is 4.31 Å². The number of amides is 2. The molecule has 1 fully saturated rings. The summed E-state index contributed by atoms with van der Waals surface area (Å²) in [4.78, 5) is 12.8. The number of anilines is 1. The maximum Gasteiger partial charge on any atom is 0.319 e. The lowest BCUT2D eigenvalue weighted by atomic mass is 9.95. The average Bonchev–Trinajstić information content (AvgIpc) is 3.24. The molecule has 2 heterocycles. The Labute approximate surface area is 176 Å². The molecule has 9 nitrogen and oxygen atoms in total. The predicted molar refractivity (Wildman–Crippen MR) is 112 cm³/mol. The van der Waals surface area contributed by atoms with E-state index < -0.39 is 15.6 Å². The lowest BCUT2D eigenvalue weighted by Crippen LogP contribution is -2.53. The molecule has 0 bridgehead atoms. The van der Waals surface area contributed by atoms with Crippen LogP contribution >= 0.6 is 0 Å². The second-order valence-corrected chi connectivity index (χ2v) is 9.59. The van der Waals surface area contributed by atoms with Crippen molar-refractivity contribution in [1.82, 2.24) is 14.8 Å². The molecule has 0 aliphatic carbocycles. The molecule has 30 heavy (non-hydrogen) atoms.